The van der Waals surface area contributed by atoms with E-state index in [1.807, 2.05) is 6.07 Å². The van der Waals surface area contributed by atoms with Gasteiger partial charge in [0.2, 0.25) is 10.0 Å². The highest BCUT2D eigenvalue weighted by Crippen LogP contribution is 2.32. The predicted octanol–water partition coefficient (Wildman–Crippen LogP) is 4.08. The average Bonchev–Trinajstić information content (AvgIpc) is 3.32. The molecule has 1 aliphatic rings. The molecule has 4 rings (SSSR count). The van der Waals surface area contributed by atoms with Gasteiger partial charge in [0.25, 0.3) is 5.91 Å². The second kappa shape index (κ2) is 7.33. The van der Waals surface area contributed by atoms with Crippen molar-refractivity contribution in [2.45, 2.75) is 12.2 Å². The molecule has 2 aromatic carbocycles. The van der Waals surface area contributed by atoms with E-state index in [1.54, 1.807) is 53.4 Å². The van der Waals surface area contributed by atoms with Crippen molar-refractivity contribution in [1.29, 1.82) is 0 Å². The minimum atomic E-state index is -3.66. The molecule has 0 saturated heterocycles. The maximum Gasteiger partial charge on any atom is 0.293 e. The van der Waals surface area contributed by atoms with Crippen molar-refractivity contribution in [3.05, 3.63) is 82.8 Å². The quantitative estimate of drug-likeness (QED) is 0.679. The van der Waals surface area contributed by atoms with E-state index < -0.39 is 10.0 Å². The largest absolute Gasteiger partial charge is 0.459 e. The van der Waals surface area contributed by atoms with Crippen LogP contribution in [-0.2, 0) is 22.2 Å². The Morgan fingerprint density at radius 3 is 2.71 bits per heavy atom. The summed E-state index contributed by atoms with van der Waals surface area (Å²) >= 11 is 6.07. The molecular weight excluding hydrogens is 400 g/mol. The zero-order chi connectivity index (χ0) is 19.7. The molecule has 144 valence electrons. The van der Waals surface area contributed by atoms with Gasteiger partial charge in [-0.2, -0.15) is 0 Å². The third kappa shape index (κ3) is 3.76. The van der Waals surface area contributed by atoms with Crippen LogP contribution in [0.3, 0.4) is 0 Å². The fourth-order valence-corrected chi connectivity index (χ4v) is 4.72. The summed E-state index contributed by atoms with van der Waals surface area (Å²) in [6.07, 6.45) is 2.15. The lowest BCUT2D eigenvalue weighted by Gasteiger charge is -2.17. The van der Waals surface area contributed by atoms with Crippen LogP contribution in [0.1, 0.15) is 21.7 Å². The van der Waals surface area contributed by atoms with Gasteiger partial charge in [-0.3, -0.25) is 9.52 Å². The van der Waals surface area contributed by atoms with Gasteiger partial charge in [-0.1, -0.05) is 35.9 Å². The number of nitrogens with one attached hydrogen (secondary N) is 1. The number of hydrogen-bond acceptors (Lipinski definition) is 4. The lowest BCUT2D eigenvalue weighted by atomic mass is 10.1. The smallest absolute Gasteiger partial charge is 0.293 e. The Bertz CT molecular complexity index is 1130. The molecule has 1 aromatic heterocycles. The summed E-state index contributed by atoms with van der Waals surface area (Å²) in [5.74, 6) is -0.240. The molecule has 1 N–H and O–H groups in total. The van der Waals surface area contributed by atoms with Crippen LogP contribution in [0, 0.1) is 0 Å². The molecule has 0 saturated carbocycles. The van der Waals surface area contributed by atoms with Crippen molar-refractivity contribution in [2.75, 3.05) is 16.2 Å². The molecule has 28 heavy (non-hydrogen) atoms. The van der Waals surface area contributed by atoms with E-state index in [-0.39, 0.29) is 17.4 Å². The van der Waals surface area contributed by atoms with Gasteiger partial charge in [-0.25, -0.2) is 8.42 Å². The van der Waals surface area contributed by atoms with Crippen LogP contribution in [-0.4, -0.2) is 20.9 Å². The van der Waals surface area contributed by atoms with Crippen LogP contribution in [0.2, 0.25) is 5.02 Å². The van der Waals surface area contributed by atoms with E-state index in [9.17, 15) is 13.2 Å². The molecular formula is C20H17ClN2O4S. The number of sulfonamides is 1. The molecule has 0 bridgehead atoms. The highest BCUT2D eigenvalue weighted by molar-refractivity contribution is 7.91. The standard InChI is InChI=1S/C20H17ClN2O4S/c21-17-5-2-1-4-15(17)13-28(25,26)22-16-8-7-14-9-10-23(18(14)12-16)20(24)19-6-3-11-27-19/h1-8,11-12,22H,9-10,13H2. The number of furan rings is 1. The Kier molecular flexibility index (Phi) is 4.87. The number of carbonyl (C=O) groups excluding carboxylic acids is 1. The van der Waals surface area contributed by atoms with Crippen LogP contribution in [0.25, 0.3) is 0 Å². The second-order valence-corrected chi connectivity index (χ2v) is 8.61. The maximum atomic E-state index is 12.6. The fraction of sp³-hybridized carbons (Fsp3) is 0.150. The third-order valence-corrected chi connectivity index (χ3v) is 6.14. The Morgan fingerprint density at radius 2 is 1.96 bits per heavy atom. The molecule has 0 spiro atoms. The van der Waals surface area contributed by atoms with E-state index in [0.29, 0.717) is 34.9 Å². The zero-order valence-corrected chi connectivity index (χ0v) is 16.3. The van der Waals surface area contributed by atoms with Crippen molar-refractivity contribution in [3.63, 3.8) is 0 Å². The number of fused-ring (bicyclic) bond motifs is 1. The van der Waals surface area contributed by atoms with Crippen molar-refractivity contribution in [1.82, 2.24) is 0 Å². The minimum Gasteiger partial charge on any atom is -0.459 e. The molecule has 3 aromatic rings. The first-order chi connectivity index (χ1) is 13.4. The number of amides is 1. The first kappa shape index (κ1) is 18.6. The summed E-state index contributed by atoms with van der Waals surface area (Å²) in [6.45, 7) is 0.519. The summed E-state index contributed by atoms with van der Waals surface area (Å²) in [6, 6.07) is 15.3. The highest BCUT2D eigenvalue weighted by atomic mass is 35.5. The topological polar surface area (TPSA) is 79.6 Å². The van der Waals surface area contributed by atoms with Gasteiger partial charge in [0.05, 0.1) is 17.7 Å². The molecule has 0 aliphatic carbocycles. The zero-order valence-electron chi connectivity index (χ0n) is 14.8. The molecule has 6 nitrogen and oxygen atoms in total. The van der Waals surface area contributed by atoms with Crippen molar-refractivity contribution < 1.29 is 17.6 Å². The van der Waals surface area contributed by atoms with Gasteiger partial charge in [0.15, 0.2) is 5.76 Å². The number of carbonyl (C=O) groups is 1. The van der Waals surface area contributed by atoms with Crippen LogP contribution in [0.4, 0.5) is 11.4 Å². The van der Waals surface area contributed by atoms with Gasteiger partial charge >= 0.3 is 0 Å². The third-order valence-electron chi connectivity index (χ3n) is 4.53. The first-order valence-corrected chi connectivity index (χ1v) is 10.7. The van der Waals surface area contributed by atoms with Crippen LogP contribution >= 0.6 is 11.6 Å². The van der Waals surface area contributed by atoms with E-state index in [4.69, 9.17) is 16.0 Å². The van der Waals surface area contributed by atoms with Crippen LogP contribution in [0.15, 0.2) is 65.3 Å². The van der Waals surface area contributed by atoms with E-state index in [1.165, 1.54) is 6.26 Å². The lowest BCUT2D eigenvalue weighted by molar-refractivity contribution is 0.0963. The Labute approximate surface area is 167 Å². The summed E-state index contributed by atoms with van der Waals surface area (Å²) in [7, 11) is -3.66. The summed E-state index contributed by atoms with van der Waals surface area (Å²) in [5, 5.41) is 0.400. The number of hydrogen-bond donors (Lipinski definition) is 1. The molecule has 0 unspecified atom stereocenters. The monoisotopic (exact) mass is 416 g/mol. The van der Waals surface area contributed by atoms with Crippen LogP contribution < -0.4 is 9.62 Å². The van der Waals surface area contributed by atoms with Crippen LogP contribution in [0.5, 0.6) is 0 Å². The molecule has 0 fully saturated rings. The average molecular weight is 417 g/mol. The summed E-state index contributed by atoms with van der Waals surface area (Å²) in [5.41, 5.74) is 2.57. The maximum absolute atomic E-state index is 12.6. The van der Waals surface area contributed by atoms with Gasteiger partial charge in [-0.15, -0.1) is 0 Å². The molecule has 2 heterocycles. The van der Waals surface area contributed by atoms with Crippen molar-refractivity contribution >= 4 is 38.9 Å². The molecule has 1 amide bonds. The molecule has 8 heteroatoms. The Morgan fingerprint density at radius 1 is 1.14 bits per heavy atom. The van der Waals surface area contributed by atoms with E-state index in [0.717, 1.165) is 5.56 Å². The SMILES string of the molecule is O=C(c1ccco1)N1CCc2ccc(NS(=O)(=O)Cc3ccccc3Cl)cc21. The number of benzene rings is 2. The number of halogens is 1. The van der Waals surface area contributed by atoms with Gasteiger partial charge < -0.3 is 9.32 Å². The number of anilines is 2. The molecule has 0 atom stereocenters. The first-order valence-electron chi connectivity index (χ1n) is 8.65. The normalized spacial score (nSPS) is 13.4. The lowest BCUT2D eigenvalue weighted by Crippen LogP contribution is -2.28. The Balaban J connectivity index is 1.56. The minimum absolute atomic E-state index is 0.237. The Hall–Kier alpha value is -2.77. The summed E-state index contributed by atoms with van der Waals surface area (Å²) < 4.78 is 32.9. The van der Waals surface area contributed by atoms with E-state index in [2.05, 4.69) is 4.72 Å². The van der Waals surface area contributed by atoms with E-state index >= 15 is 0 Å². The number of rotatable bonds is 5. The fourth-order valence-electron chi connectivity index (χ4n) is 3.22. The molecule has 0 radical (unpaired) electrons. The van der Waals surface area contributed by atoms with Crippen molar-refractivity contribution in [2.24, 2.45) is 0 Å². The molecule has 1 aliphatic heterocycles. The van der Waals surface area contributed by atoms with Crippen molar-refractivity contribution in [3.8, 4) is 0 Å². The number of nitrogens with zero attached hydrogens (tertiary/aromatic N) is 1. The second-order valence-electron chi connectivity index (χ2n) is 6.48. The van der Waals surface area contributed by atoms with Gasteiger partial charge in [0.1, 0.15) is 0 Å². The predicted molar refractivity (Wildman–Crippen MR) is 108 cm³/mol. The van der Waals surface area contributed by atoms with Gasteiger partial charge in [0, 0.05) is 17.3 Å². The highest BCUT2D eigenvalue weighted by Gasteiger charge is 2.27. The summed E-state index contributed by atoms with van der Waals surface area (Å²) in [4.78, 5) is 14.2. The van der Waals surface area contributed by atoms with Gasteiger partial charge in [-0.05, 0) is 47.9 Å².